The second-order valence-electron chi connectivity index (χ2n) is 6.94. The molecule has 1 saturated heterocycles. The van der Waals surface area contributed by atoms with E-state index in [-0.39, 0.29) is 5.91 Å². The lowest BCUT2D eigenvalue weighted by molar-refractivity contribution is 0.102. The highest BCUT2D eigenvalue weighted by Gasteiger charge is 2.20. The number of carbonyl (C=O) groups excluding carboxylic acids is 1. The van der Waals surface area contributed by atoms with Crippen molar-refractivity contribution in [2.24, 2.45) is 0 Å². The van der Waals surface area contributed by atoms with Crippen molar-refractivity contribution in [3.63, 3.8) is 0 Å². The molecule has 2 aromatic heterocycles. The Bertz CT molecular complexity index is 1010. The van der Waals surface area contributed by atoms with Crippen LogP contribution in [0.4, 0.5) is 11.5 Å². The van der Waals surface area contributed by atoms with Gasteiger partial charge in [0, 0.05) is 36.3 Å². The molecule has 140 valence electrons. The van der Waals surface area contributed by atoms with Crippen molar-refractivity contribution >= 4 is 34.7 Å². The van der Waals surface area contributed by atoms with E-state index in [0.717, 1.165) is 58.4 Å². The molecule has 1 aromatic carbocycles. The van der Waals surface area contributed by atoms with E-state index in [9.17, 15) is 4.79 Å². The molecule has 1 aliphatic rings. The molecule has 1 N–H and O–H groups in total. The summed E-state index contributed by atoms with van der Waals surface area (Å²) < 4.78 is 1.78. The fourth-order valence-corrected chi connectivity index (χ4v) is 4.17. The molecule has 0 unspecified atom stereocenters. The number of aromatic nitrogens is 3. The van der Waals surface area contributed by atoms with Crippen molar-refractivity contribution in [1.29, 1.82) is 0 Å². The lowest BCUT2D eigenvalue weighted by atomic mass is 10.1. The van der Waals surface area contributed by atoms with Crippen LogP contribution in [0.15, 0.2) is 30.5 Å². The Labute approximate surface area is 163 Å². The van der Waals surface area contributed by atoms with E-state index in [2.05, 4.69) is 15.3 Å². The molecule has 0 spiro atoms. The van der Waals surface area contributed by atoms with Gasteiger partial charge in [-0.05, 0) is 38.0 Å². The number of nitrogens with zero attached hydrogens (tertiary/aromatic N) is 4. The zero-order chi connectivity index (χ0) is 19.0. The minimum absolute atomic E-state index is 0.204. The zero-order valence-electron chi connectivity index (χ0n) is 15.8. The Morgan fingerprint density at radius 3 is 2.70 bits per heavy atom. The van der Waals surface area contributed by atoms with Crippen LogP contribution in [0, 0.1) is 20.8 Å². The number of aryl methyl sites for hydroxylation is 3. The minimum atomic E-state index is -0.204. The summed E-state index contributed by atoms with van der Waals surface area (Å²) in [4.78, 5) is 19.8. The average Bonchev–Trinajstić information content (AvgIpc) is 3.09. The predicted molar refractivity (Wildman–Crippen MR) is 111 cm³/mol. The number of carbonyl (C=O) groups is 1. The third kappa shape index (κ3) is 3.64. The Balaban J connectivity index is 1.68. The molecule has 7 heteroatoms. The SMILES string of the molecule is Cc1ccc(C)c(NC(=O)c2cc3c(N4CCSCC4)nc(C)cn3n2)c1. The normalized spacial score (nSPS) is 14.6. The molecule has 4 rings (SSSR count). The van der Waals surface area contributed by atoms with E-state index < -0.39 is 0 Å². The lowest BCUT2D eigenvalue weighted by Gasteiger charge is -2.28. The van der Waals surface area contributed by atoms with Crippen molar-refractivity contribution in [2.75, 3.05) is 34.8 Å². The third-order valence-electron chi connectivity index (χ3n) is 4.74. The molecule has 1 aliphatic heterocycles. The van der Waals surface area contributed by atoms with Gasteiger partial charge in [0.2, 0.25) is 0 Å². The van der Waals surface area contributed by atoms with Crippen molar-refractivity contribution in [3.05, 3.63) is 53.0 Å². The average molecular weight is 382 g/mol. The van der Waals surface area contributed by atoms with Gasteiger partial charge < -0.3 is 10.2 Å². The molecular weight excluding hydrogens is 358 g/mol. The Morgan fingerprint density at radius 2 is 1.93 bits per heavy atom. The zero-order valence-corrected chi connectivity index (χ0v) is 16.6. The van der Waals surface area contributed by atoms with Crippen LogP contribution in [-0.2, 0) is 0 Å². The smallest absolute Gasteiger partial charge is 0.276 e. The number of thioether (sulfide) groups is 1. The molecule has 0 bridgehead atoms. The summed E-state index contributed by atoms with van der Waals surface area (Å²) in [6.07, 6.45) is 1.87. The molecule has 0 aliphatic carbocycles. The van der Waals surface area contributed by atoms with E-state index in [1.54, 1.807) is 4.52 Å². The maximum absolute atomic E-state index is 12.8. The molecule has 3 aromatic rings. The highest BCUT2D eigenvalue weighted by molar-refractivity contribution is 7.99. The van der Waals surface area contributed by atoms with Gasteiger partial charge >= 0.3 is 0 Å². The maximum Gasteiger partial charge on any atom is 0.276 e. The van der Waals surface area contributed by atoms with Crippen molar-refractivity contribution in [2.45, 2.75) is 20.8 Å². The molecule has 3 heterocycles. The van der Waals surface area contributed by atoms with Gasteiger partial charge in [-0.2, -0.15) is 16.9 Å². The Hall–Kier alpha value is -2.54. The maximum atomic E-state index is 12.8. The number of hydrogen-bond acceptors (Lipinski definition) is 5. The second kappa shape index (κ2) is 7.23. The van der Waals surface area contributed by atoms with Crippen LogP contribution in [-0.4, -0.2) is 45.1 Å². The van der Waals surface area contributed by atoms with Crippen LogP contribution >= 0.6 is 11.8 Å². The molecule has 0 atom stereocenters. The largest absolute Gasteiger partial charge is 0.353 e. The lowest BCUT2D eigenvalue weighted by Crippen LogP contribution is -2.33. The van der Waals surface area contributed by atoms with Crippen LogP contribution in [0.3, 0.4) is 0 Å². The van der Waals surface area contributed by atoms with Crippen LogP contribution in [0.5, 0.6) is 0 Å². The standard InChI is InChI=1S/C20H23N5OS/c1-13-4-5-14(2)16(10-13)22-20(26)17-11-18-19(24-6-8-27-9-7-24)21-15(3)12-25(18)23-17/h4-5,10-12H,6-9H2,1-3H3,(H,22,26). The Kier molecular flexibility index (Phi) is 4.78. The van der Waals surface area contributed by atoms with E-state index in [1.807, 2.05) is 63.0 Å². The molecule has 6 nitrogen and oxygen atoms in total. The van der Waals surface area contributed by atoms with Crippen LogP contribution in [0.1, 0.15) is 27.3 Å². The molecular formula is C20H23N5OS. The predicted octanol–water partition coefficient (Wildman–Crippen LogP) is 3.46. The number of benzene rings is 1. The second-order valence-corrected chi connectivity index (χ2v) is 8.16. The molecule has 27 heavy (non-hydrogen) atoms. The van der Waals surface area contributed by atoms with Crippen molar-refractivity contribution in [1.82, 2.24) is 14.6 Å². The fourth-order valence-electron chi connectivity index (χ4n) is 3.27. The summed E-state index contributed by atoms with van der Waals surface area (Å²) in [6, 6.07) is 7.86. The van der Waals surface area contributed by atoms with E-state index in [1.165, 1.54) is 0 Å². The van der Waals surface area contributed by atoms with Gasteiger partial charge in [0.15, 0.2) is 11.5 Å². The summed E-state index contributed by atoms with van der Waals surface area (Å²) >= 11 is 1.96. The van der Waals surface area contributed by atoms with Gasteiger partial charge in [-0.25, -0.2) is 9.50 Å². The minimum Gasteiger partial charge on any atom is -0.353 e. The van der Waals surface area contributed by atoms with Crippen molar-refractivity contribution < 1.29 is 4.79 Å². The van der Waals surface area contributed by atoms with Gasteiger partial charge in [0.05, 0.1) is 11.9 Å². The number of amides is 1. The molecule has 1 fully saturated rings. The van der Waals surface area contributed by atoms with Gasteiger partial charge in [-0.1, -0.05) is 12.1 Å². The monoisotopic (exact) mass is 381 g/mol. The van der Waals surface area contributed by atoms with Gasteiger partial charge in [0.1, 0.15) is 5.52 Å². The third-order valence-corrected chi connectivity index (χ3v) is 5.68. The quantitative estimate of drug-likeness (QED) is 0.753. The molecule has 0 radical (unpaired) electrons. The van der Waals surface area contributed by atoms with Crippen LogP contribution in [0.2, 0.25) is 0 Å². The van der Waals surface area contributed by atoms with Gasteiger partial charge in [0.25, 0.3) is 5.91 Å². The number of hydrogen-bond donors (Lipinski definition) is 1. The Morgan fingerprint density at radius 1 is 1.15 bits per heavy atom. The first-order valence-corrected chi connectivity index (χ1v) is 10.2. The van der Waals surface area contributed by atoms with E-state index in [0.29, 0.717) is 5.69 Å². The van der Waals surface area contributed by atoms with Crippen LogP contribution in [0.25, 0.3) is 5.52 Å². The van der Waals surface area contributed by atoms with Crippen molar-refractivity contribution in [3.8, 4) is 0 Å². The summed E-state index contributed by atoms with van der Waals surface area (Å²) in [5.41, 5.74) is 5.12. The number of nitrogens with one attached hydrogen (secondary N) is 1. The topological polar surface area (TPSA) is 62.5 Å². The first kappa shape index (κ1) is 17.9. The van der Waals surface area contributed by atoms with Crippen LogP contribution < -0.4 is 10.2 Å². The molecule has 1 amide bonds. The van der Waals surface area contributed by atoms with E-state index >= 15 is 0 Å². The first-order valence-electron chi connectivity index (χ1n) is 9.09. The number of fused-ring (bicyclic) bond motifs is 1. The molecule has 0 saturated carbocycles. The summed E-state index contributed by atoms with van der Waals surface area (Å²) in [5, 5.41) is 7.50. The summed E-state index contributed by atoms with van der Waals surface area (Å²) in [7, 11) is 0. The van der Waals surface area contributed by atoms with Gasteiger partial charge in [-0.15, -0.1) is 0 Å². The highest BCUT2D eigenvalue weighted by atomic mass is 32.2. The number of anilines is 2. The number of rotatable bonds is 3. The first-order chi connectivity index (χ1) is 13.0. The summed E-state index contributed by atoms with van der Waals surface area (Å²) in [6.45, 7) is 7.88. The fraction of sp³-hybridized carbons (Fsp3) is 0.350. The van der Waals surface area contributed by atoms with E-state index in [4.69, 9.17) is 4.98 Å². The summed E-state index contributed by atoms with van der Waals surface area (Å²) in [5.74, 6) is 2.89. The van der Waals surface area contributed by atoms with Gasteiger partial charge in [-0.3, -0.25) is 4.79 Å². The highest BCUT2D eigenvalue weighted by Crippen LogP contribution is 2.24.